The Bertz CT molecular complexity index is 158. The molecule has 4 heteroatoms. The van der Waals surface area contributed by atoms with Gasteiger partial charge in [-0.1, -0.05) is 6.08 Å². The van der Waals surface area contributed by atoms with Gasteiger partial charge in [0.1, 0.15) is 0 Å². The van der Waals surface area contributed by atoms with Crippen LogP contribution in [-0.4, -0.2) is 16.7 Å². The third-order valence-corrected chi connectivity index (χ3v) is 1.12. The second kappa shape index (κ2) is 4.72. The SMILES string of the molecule is CCOC(=O)/C=C/C(C)(S)S. The fourth-order valence-electron chi connectivity index (χ4n) is 0.416. The molecular weight excluding hydrogens is 180 g/mol. The molecule has 0 aliphatic carbocycles. The fourth-order valence-corrected chi connectivity index (χ4v) is 0.565. The van der Waals surface area contributed by atoms with Gasteiger partial charge in [-0.2, -0.15) is 25.3 Å². The summed E-state index contributed by atoms with van der Waals surface area (Å²) in [5.74, 6) is -0.359. The molecule has 0 heterocycles. The summed E-state index contributed by atoms with van der Waals surface area (Å²) < 4.78 is 4.08. The predicted octanol–water partition coefficient (Wildman–Crippen LogP) is 1.68. The van der Waals surface area contributed by atoms with E-state index in [0.717, 1.165) is 0 Å². The van der Waals surface area contributed by atoms with Crippen LogP contribution in [0.3, 0.4) is 0 Å². The molecule has 0 aromatic carbocycles. The summed E-state index contributed by atoms with van der Waals surface area (Å²) in [4.78, 5) is 10.7. The van der Waals surface area contributed by atoms with Crippen molar-refractivity contribution in [2.24, 2.45) is 0 Å². The Labute approximate surface area is 77.8 Å². The van der Waals surface area contributed by atoms with Crippen molar-refractivity contribution in [1.82, 2.24) is 0 Å². The maximum Gasteiger partial charge on any atom is 0.330 e. The van der Waals surface area contributed by atoms with Gasteiger partial charge in [0.15, 0.2) is 0 Å². The Hall–Kier alpha value is -0.0900. The third-order valence-electron chi connectivity index (χ3n) is 0.822. The van der Waals surface area contributed by atoms with E-state index in [1.165, 1.54) is 6.08 Å². The lowest BCUT2D eigenvalue weighted by atomic mass is 10.4. The Kier molecular flexibility index (Phi) is 4.68. The van der Waals surface area contributed by atoms with Crippen molar-refractivity contribution in [2.45, 2.75) is 17.9 Å². The van der Waals surface area contributed by atoms with Gasteiger partial charge in [0.2, 0.25) is 0 Å². The third kappa shape index (κ3) is 7.81. The highest BCUT2D eigenvalue weighted by Crippen LogP contribution is 2.19. The highest BCUT2D eigenvalue weighted by Gasteiger charge is 2.07. The molecule has 0 saturated heterocycles. The second-order valence-electron chi connectivity index (χ2n) is 2.18. The molecule has 64 valence electrons. The normalized spacial score (nSPS) is 12.0. The topological polar surface area (TPSA) is 26.3 Å². The summed E-state index contributed by atoms with van der Waals surface area (Å²) in [5.41, 5.74) is 0. The van der Waals surface area contributed by atoms with E-state index in [4.69, 9.17) is 0 Å². The smallest absolute Gasteiger partial charge is 0.330 e. The molecule has 0 aliphatic heterocycles. The molecule has 0 N–H and O–H groups in total. The number of carbonyl (C=O) groups excluding carboxylic acids is 1. The number of hydrogen-bond donors (Lipinski definition) is 2. The zero-order valence-electron chi connectivity index (χ0n) is 6.57. The zero-order valence-corrected chi connectivity index (χ0v) is 8.36. The molecule has 0 aliphatic rings. The van der Waals surface area contributed by atoms with Crippen molar-refractivity contribution in [2.75, 3.05) is 6.61 Å². The minimum atomic E-state index is -0.563. The number of ether oxygens (including phenoxy) is 1. The van der Waals surface area contributed by atoms with Crippen molar-refractivity contribution < 1.29 is 9.53 Å². The van der Waals surface area contributed by atoms with Crippen molar-refractivity contribution >= 4 is 31.2 Å². The molecule has 2 nitrogen and oxygen atoms in total. The first-order chi connectivity index (χ1) is 4.95. The van der Waals surface area contributed by atoms with Gasteiger partial charge in [0.25, 0.3) is 0 Å². The molecule has 0 radical (unpaired) electrons. The first-order valence-corrected chi connectivity index (χ1v) is 4.16. The van der Waals surface area contributed by atoms with Crippen LogP contribution in [0.1, 0.15) is 13.8 Å². The number of hydrogen-bond acceptors (Lipinski definition) is 4. The van der Waals surface area contributed by atoms with E-state index in [2.05, 4.69) is 30.0 Å². The van der Waals surface area contributed by atoms with E-state index in [-0.39, 0.29) is 5.97 Å². The highest BCUT2D eigenvalue weighted by atomic mass is 32.2. The lowest BCUT2D eigenvalue weighted by Gasteiger charge is -2.08. The Balaban J connectivity index is 3.83. The van der Waals surface area contributed by atoms with E-state index >= 15 is 0 Å². The van der Waals surface area contributed by atoms with Crippen molar-refractivity contribution in [3.63, 3.8) is 0 Å². The number of rotatable bonds is 3. The number of thiol groups is 2. The van der Waals surface area contributed by atoms with Gasteiger partial charge in [-0.25, -0.2) is 4.79 Å². The minimum absolute atomic E-state index is 0.359. The van der Waals surface area contributed by atoms with E-state index in [9.17, 15) is 4.79 Å². The molecule has 0 bridgehead atoms. The van der Waals surface area contributed by atoms with Crippen LogP contribution in [0.2, 0.25) is 0 Å². The summed E-state index contributed by atoms with van der Waals surface area (Å²) in [5, 5.41) is 0. The quantitative estimate of drug-likeness (QED) is 0.308. The molecule has 0 saturated carbocycles. The largest absolute Gasteiger partial charge is 0.463 e. The molecule has 0 unspecified atom stereocenters. The lowest BCUT2D eigenvalue weighted by molar-refractivity contribution is -0.137. The van der Waals surface area contributed by atoms with Gasteiger partial charge in [-0.15, -0.1) is 0 Å². The molecule has 11 heavy (non-hydrogen) atoms. The summed E-state index contributed by atoms with van der Waals surface area (Å²) in [6, 6.07) is 0. The van der Waals surface area contributed by atoms with Gasteiger partial charge < -0.3 is 4.74 Å². The first-order valence-electron chi connectivity index (χ1n) is 3.26. The monoisotopic (exact) mass is 192 g/mol. The van der Waals surface area contributed by atoms with Crippen LogP contribution in [0.15, 0.2) is 12.2 Å². The molecule has 0 spiro atoms. The molecule has 0 fully saturated rings. The van der Waals surface area contributed by atoms with Gasteiger partial charge in [0.05, 0.1) is 10.7 Å². The van der Waals surface area contributed by atoms with Crippen molar-refractivity contribution in [3.8, 4) is 0 Å². The van der Waals surface area contributed by atoms with Gasteiger partial charge in [-0.3, -0.25) is 0 Å². The average molecular weight is 192 g/mol. The molecule has 0 atom stereocenters. The van der Waals surface area contributed by atoms with Crippen LogP contribution >= 0.6 is 25.3 Å². The van der Waals surface area contributed by atoms with Gasteiger partial charge in [0, 0.05) is 6.08 Å². The van der Waals surface area contributed by atoms with E-state index < -0.39 is 4.08 Å². The Morgan fingerprint density at radius 3 is 2.55 bits per heavy atom. The minimum Gasteiger partial charge on any atom is -0.463 e. The number of carbonyl (C=O) groups is 1. The zero-order chi connectivity index (χ0) is 8.91. The lowest BCUT2D eigenvalue weighted by Crippen LogP contribution is -2.04. The van der Waals surface area contributed by atoms with Crippen LogP contribution in [0.5, 0.6) is 0 Å². The predicted molar refractivity (Wildman–Crippen MR) is 52.2 cm³/mol. The Morgan fingerprint density at radius 1 is 1.64 bits per heavy atom. The van der Waals surface area contributed by atoms with Crippen LogP contribution < -0.4 is 0 Å². The van der Waals surface area contributed by atoms with Crippen LogP contribution in [-0.2, 0) is 9.53 Å². The van der Waals surface area contributed by atoms with Crippen molar-refractivity contribution in [1.29, 1.82) is 0 Å². The van der Waals surface area contributed by atoms with Crippen molar-refractivity contribution in [3.05, 3.63) is 12.2 Å². The molecule has 0 aromatic heterocycles. The summed E-state index contributed by atoms with van der Waals surface area (Å²) in [6.07, 6.45) is 2.89. The second-order valence-corrected chi connectivity index (χ2v) is 4.39. The highest BCUT2D eigenvalue weighted by molar-refractivity contribution is 8.00. The van der Waals surface area contributed by atoms with E-state index in [0.29, 0.717) is 6.61 Å². The maximum atomic E-state index is 10.7. The van der Waals surface area contributed by atoms with Gasteiger partial charge >= 0.3 is 5.97 Å². The average Bonchev–Trinajstić information content (AvgIpc) is 1.83. The molecule has 0 aromatic rings. The summed E-state index contributed by atoms with van der Waals surface area (Å²) in [7, 11) is 0. The molecule has 0 rings (SSSR count). The van der Waals surface area contributed by atoms with Crippen LogP contribution in [0.25, 0.3) is 0 Å². The fraction of sp³-hybridized carbons (Fsp3) is 0.571. The summed E-state index contributed by atoms with van der Waals surface area (Å²) in [6.45, 7) is 3.90. The molecule has 0 amide bonds. The van der Waals surface area contributed by atoms with Crippen LogP contribution in [0, 0.1) is 0 Å². The van der Waals surface area contributed by atoms with E-state index in [1.807, 2.05) is 0 Å². The maximum absolute atomic E-state index is 10.7. The standard InChI is InChI=1S/C7H12O2S2/c1-3-9-6(8)4-5-7(2,10)11/h4-5,10-11H,3H2,1-2H3/b5-4+. The van der Waals surface area contributed by atoms with E-state index in [1.54, 1.807) is 19.9 Å². The molecular formula is C7H12O2S2. The van der Waals surface area contributed by atoms with Gasteiger partial charge in [-0.05, 0) is 13.8 Å². The Morgan fingerprint density at radius 2 is 2.18 bits per heavy atom. The number of esters is 1. The van der Waals surface area contributed by atoms with Crippen LogP contribution in [0.4, 0.5) is 0 Å². The first kappa shape index (κ1) is 10.9. The summed E-state index contributed by atoms with van der Waals surface area (Å²) >= 11 is 8.13.